The third-order valence-corrected chi connectivity index (χ3v) is 7.30. The van der Waals surface area contributed by atoms with Crippen molar-refractivity contribution in [1.29, 1.82) is 0 Å². The minimum Gasteiger partial charge on any atom is -0.343 e. The van der Waals surface area contributed by atoms with Crippen molar-refractivity contribution < 1.29 is 4.79 Å². The molecule has 1 atom stereocenters. The SMILES string of the molecule is CC(=O)N1CCC(N2CCCC3(CCc4cnc(-c5ccccc5)nc43)C2)CC1. The molecule has 0 saturated carbocycles. The number of rotatable bonds is 2. The van der Waals surface area contributed by atoms with Crippen LogP contribution >= 0.6 is 0 Å². The van der Waals surface area contributed by atoms with Crippen LogP contribution in [0.2, 0.25) is 0 Å². The lowest BCUT2D eigenvalue weighted by atomic mass is 9.76. The van der Waals surface area contributed by atoms with Crippen molar-refractivity contribution in [2.24, 2.45) is 0 Å². The van der Waals surface area contributed by atoms with Crippen LogP contribution in [0.4, 0.5) is 0 Å². The molecule has 29 heavy (non-hydrogen) atoms. The van der Waals surface area contributed by atoms with Gasteiger partial charge in [0.1, 0.15) is 0 Å². The molecule has 2 saturated heterocycles. The van der Waals surface area contributed by atoms with Crippen molar-refractivity contribution in [2.75, 3.05) is 26.2 Å². The van der Waals surface area contributed by atoms with Gasteiger partial charge in [-0.25, -0.2) is 9.97 Å². The maximum atomic E-state index is 11.7. The molecular weight excluding hydrogens is 360 g/mol. The summed E-state index contributed by atoms with van der Waals surface area (Å²) in [4.78, 5) is 26.2. The fourth-order valence-electron chi connectivity index (χ4n) is 5.69. The monoisotopic (exact) mass is 390 g/mol. The number of carbonyl (C=O) groups excluding carboxylic acids is 1. The zero-order valence-electron chi connectivity index (χ0n) is 17.3. The molecule has 0 bridgehead atoms. The van der Waals surface area contributed by atoms with E-state index in [9.17, 15) is 4.79 Å². The lowest BCUT2D eigenvalue weighted by Gasteiger charge is -2.46. The summed E-state index contributed by atoms with van der Waals surface area (Å²) in [6.45, 7) is 5.78. The standard InChI is InChI=1S/C24H30N4O/c1-18(29)27-14-9-21(10-15-27)28-13-5-11-24(17-28)12-8-20-16-25-23(26-22(20)24)19-6-3-2-4-7-19/h2-4,6-7,16,21H,5,8-15,17H2,1H3. The number of fused-ring (bicyclic) bond motifs is 2. The van der Waals surface area contributed by atoms with Gasteiger partial charge in [-0.3, -0.25) is 9.69 Å². The van der Waals surface area contributed by atoms with Gasteiger partial charge in [0.05, 0.1) is 5.69 Å². The Labute approximate surface area is 173 Å². The number of nitrogens with zero attached hydrogens (tertiary/aromatic N) is 4. The number of hydrogen-bond donors (Lipinski definition) is 0. The molecule has 1 aromatic heterocycles. The molecule has 5 heteroatoms. The molecule has 2 fully saturated rings. The van der Waals surface area contributed by atoms with E-state index in [1.807, 2.05) is 11.0 Å². The quantitative estimate of drug-likeness (QED) is 0.788. The number of aryl methyl sites for hydroxylation is 1. The van der Waals surface area contributed by atoms with Crippen LogP contribution in [0.3, 0.4) is 0 Å². The van der Waals surface area contributed by atoms with Gasteiger partial charge >= 0.3 is 0 Å². The van der Waals surface area contributed by atoms with Gasteiger partial charge in [0, 0.05) is 49.8 Å². The Kier molecular flexibility index (Phi) is 4.86. The van der Waals surface area contributed by atoms with Gasteiger partial charge in [0.2, 0.25) is 5.91 Å². The predicted octanol–water partition coefficient (Wildman–Crippen LogP) is 3.43. The zero-order chi connectivity index (χ0) is 19.8. The molecular formula is C24H30N4O. The van der Waals surface area contributed by atoms with E-state index in [4.69, 9.17) is 4.98 Å². The Morgan fingerprint density at radius 3 is 2.66 bits per heavy atom. The van der Waals surface area contributed by atoms with Crippen molar-refractivity contribution in [1.82, 2.24) is 19.8 Å². The van der Waals surface area contributed by atoms with Crippen LogP contribution in [0.15, 0.2) is 36.5 Å². The lowest BCUT2D eigenvalue weighted by Crippen LogP contribution is -2.53. The Bertz CT molecular complexity index is 887. The first-order valence-electron chi connectivity index (χ1n) is 11.1. The minimum absolute atomic E-state index is 0.178. The largest absolute Gasteiger partial charge is 0.343 e. The average Bonchev–Trinajstić information content (AvgIpc) is 3.11. The topological polar surface area (TPSA) is 49.3 Å². The Hall–Kier alpha value is -2.27. The van der Waals surface area contributed by atoms with Crippen LogP contribution < -0.4 is 0 Å². The van der Waals surface area contributed by atoms with E-state index in [0.717, 1.165) is 50.3 Å². The molecule has 5 rings (SSSR count). The zero-order valence-corrected chi connectivity index (χ0v) is 17.3. The molecule has 2 aromatic rings. The maximum absolute atomic E-state index is 11.7. The molecule has 0 N–H and O–H groups in total. The third-order valence-electron chi connectivity index (χ3n) is 7.30. The highest BCUT2D eigenvalue weighted by Crippen LogP contribution is 2.45. The summed E-state index contributed by atoms with van der Waals surface area (Å²) in [6.07, 6.45) is 9.02. The Morgan fingerprint density at radius 2 is 1.90 bits per heavy atom. The number of carbonyl (C=O) groups is 1. The first kappa shape index (κ1) is 18.7. The lowest BCUT2D eigenvalue weighted by molar-refractivity contribution is -0.130. The van der Waals surface area contributed by atoms with E-state index in [1.54, 1.807) is 6.92 Å². The number of likely N-dealkylation sites (tertiary alicyclic amines) is 2. The van der Waals surface area contributed by atoms with Gasteiger partial charge in [-0.2, -0.15) is 0 Å². The van der Waals surface area contributed by atoms with Crippen molar-refractivity contribution in [3.05, 3.63) is 47.8 Å². The second-order valence-corrected chi connectivity index (χ2v) is 9.03. The number of aromatic nitrogens is 2. The molecule has 1 amide bonds. The first-order valence-corrected chi connectivity index (χ1v) is 11.1. The van der Waals surface area contributed by atoms with Crippen LogP contribution in [0.25, 0.3) is 11.4 Å². The minimum atomic E-state index is 0.178. The van der Waals surface area contributed by atoms with E-state index >= 15 is 0 Å². The van der Waals surface area contributed by atoms with Crippen molar-refractivity contribution >= 4 is 5.91 Å². The molecule has 3 heterocycles. The highest BCUT2D eigenvalue weighted by molar-refractivity contribution is 5.73. The van der Waals surface area contributed by atoms with Gasteiger partial charge in [0.15, 0.2) is 5.82 Å². The highest BCUT2D eigenvalue weighted by Gasteiger charge is 2.45. The fourth-order valence-corrected chi connectivity index (χ4v) is 5.69. The summed E-state index contributed by atoms with van der Waals surface area (Å²) in [6, 6.07) is 10.9. The third kappa shape index (κ3) is 3.46. The average molecular weight is 391 g/mol. The molecule has 152 valence electrons. The molecule has 1 unspecified atom stereocenters. The van der Waals surface area contributed by atoms with Crippen molar-refractivity contribution in [3.8, 4) is 11.4 Å². The van der Waals surface area contributed by atoms with Crippen molar-refractivity contribution in [2.45, 2.75) is 56.9 Å². The molecule has 2 aliphatic heterocycles. The predicted molar refractivity (Wildman–Crippen MR) is 114 cm³/mol. The summed E-state index contributed by atoms with van der Waals surface area (Å²) in [5.74, 6) is 1.07. The number of amides is 1. The molecule has 3 aliphatic rings. The van der Waals surface area contributed by atoms with E-state index in [-0.39, 0.29) is 11.3 Å². The first-order chi connectivity index (χ1) is 14.1. The number of piperidine rings is 2. The highest BCUT2D eigenvalue weighted by atomic mass is 16.2. The van der Waals surface area contributed by atoms with Crippen LogP contribution in [-0.2, 0) is 16.6 Å². The second kappa shape index (κ2) is 7.52. The maximum Gasteiger partial charge on any atom is 0.219 e. The Morgan fingerprint density at radius 1 is 1.10 bits per heavy atom. The molecule has 5 nitrogen and oxygen atoms in total. The molecule has 0 radical (unpaired) electrons. The van der Waals surface area contributed by atoms with Crippen molar-refractivity contribution in [3.63, 3.8) is 0 Å². The summed E-state index contributed by atoms with van der Waals surface area (Å²) >= 11 is 0. The van der Waals surface area contributed by atoms with Crippen LogP contribution in [0.5, 0.6) is 0 Å². The van der Waals surface area contributed by atoms with E-state index < -0.39 is 0 Å². The van der Waals surface area contributed by atoms with Crippen LogP contribution in [0, 0.1) is 0 Å². The summed E-state index contributed by atoms with van der Waals surface area (Å²) in [5.41, 5.74) is 3.93. The number of benzene rings is 1. The smallest absolute Gasteiger partial charge is 0.219 e. The van der Waals surface area contributed by atoms with Gasteiger partial charge in [-0.1, -0.05) is 30.3 Å². The van der Waals surface area contributed by atoms with Crippen LogP contribution in [-0.4, -0.2) is 57.9 Å². The van der Waals surface area contributed by atoms with Gasteiger partial charge < -0.3 is 4.90 Å². The van der Waals surface area contributed by atoms with E-state index in [1.165, 1.54) is 37.1 Å². The molecule has 1 aromatic carbocycles. The van der Waals surface area contributed by atoms with Crippen LogP contribution in [0.1, 0.15) is 50.3 Å². The van der Waals surface area contributed by atoms with Gasteiger partial charge in [-0.05, 0) is 50.6 Å². The fraction of sp³-hybridized carbons (Fsp3) is 0.542. The normalized spacial score (nSPS) is 25.3. The van der Waals surface area contributed by atoms with E-state index in [0.29, 0.717) is 6.04 Å². The molecule has 1 aliphatic carbocycles. The second-order valence-electron chi connectivity index (χ2n) is 9.03. The summed E-state index contributed by atoms with van der Waals surface area (Å²) in [7, 11) is 0. The molecule has 1 spiro atoms. The Balaban J connectivity index is 1.38. The summed E-state index contributed by atoms with van der Waals surface area (Å²) in [5, 5.41) is 0. The van der Waals surface area contributed by atoms with E-state index in [2.05, 4.69) is 40.3 Å². The van der Waals surface area contributed by atoms with Gasteiger partial charge in [0.25, 0.3) is 0 Å². The number of hydrogen-bond acceptors (Lipinski definition) is 4. The van der Waals surface area contributed by atoms with Gasteiger partial charge in [-0.15, -0.1) is 0 Å². The summed E-state index contributed by atoms with van der Waals surface area (Å²) < 4.78 is 0.